The van der Waals surface area contributed by atoms with E-state index < -0.39 is 20.1 Å². The number of rotatable bonds is 9. The van der Waals surface area contributed by atoms with Crippen LogP contribution in [0.3, 0.4) is 0 Å². The normalized spacial score (nSPS) is 33.2. The first-order chi connectivity index (χ1) is 12.3. The Kier molecular flexibility index (Phi) is 7.88. The van der Waals surface area contributed by atoms with Gasteiger partial charge in [0.2, 0.25) is 6.54 Å². The second kappa shape index (κ2) is 9.29. The van der Waals surface area contributed by atoms with Gasteiger partial charge >= 0.3 is 0 Å². The van der Waals surface area contributed by atoms with E-state index in [1.54, 1.807) is 5.06 Å². The number of likely N-dealkylation sites (N-methyl/N-ethyl adjacent to an activating group) is 1. The predicted molar refractivity (Wildman–Crippen MR) is 102 cm³/mol. The van der Waals surface area contributed by atoms with Crippen molar-refractivity contribution in [2.45, 2.75) is 76.9 Å². The Balaban J connectivity index is 2.24. The van der Waals surface area contributed by atoms with Crippen molar-refractivity contribution in [3.05, 3.63) is 11.4 Å². The fraction of sp³-hybridized carbons (Fsp3) is 0.941. The van der Waals surface area contributed by atoms with E-state index in [2.05, 4.69) is 44.1 Å². The maximum atomic E-state index is 7.00. The molecule has 2 bridgehead atoms. The second-order valence-electron chi connectivity index (χ2n) is 7.40. The molecular formula is C17H31BN3O4P. The van der Waals surface area contributed by atoms with Gasteiger partial charge in [-0.05, 0) is 34.1 Å². The largest absolute Gasteiger partial charge is 0.374 e. The van der Waals surface area contributed by atoms with E-state index in [0.717, 1.165) is 6.42 Å². The number of ether oxygens (including phenoxy) is 1. The Morgan fingerprint density at radius 2 is 2.04 bits per heavy atom. The summed E-state index contributed by atoms with van der Waals surface area (Å²) in [6.07, 6.45) is 0.0894. The monoisotopic (exact) mass is 383 g/mol. The molecule has 9 heteroatoms. The molecule has 0 aromatic rings. The number of hydrogen-bond acceptors (Lipinski definition) is 6. The van der Waals surface area contributed by atoms with E-state index in [9.17, 15) is 0 Å². The standard InChI is InChI=1S/C17H31BN3O4P/c1-8-17-11-20(7)24-14(16(18)23-17)15(17)25-26(22-10-9-19-6)21(12(2)3)13(4)5/h12-16H,8-11H2,1-5,7H3/t14?,15-,16-,17+,26?/m1/s1. The molecule has 146 valence electrons. The Hall–Kier alpha value is -0.255. The minimum absolute atomic E-state index is 0.242. The predicted octanol–water partition coefficient (Wildman–Crippen LogP) is 2.57. The molecule has 2 unspecified atom stereocenters. The number of hydroxylamine groups is 2. The molecule has 7 nitrogen and oxygen atoms in total. The zero-order valence-electron chi connectivity index (χ0n) is 16.7. The SMILES string of the molecule is [B][C@@H]1O[C@@]2(CC)CN(C)OC1[C@H]2OP(OCC[N+]#[C-])N(C(C)C)C(C)C. The Bertz CT molecular complexity index is 495. The topological polar surface area (TPSA) is 47.8 Å². The van der Waals surface area contributed by atoms with Crippen molar-refractivity contribution in [2.24, 2.45) is 0 Å². The van der Waals surface area contributed by atoms with Crippen LogP contribution in [-0.4, -0.2) is 80.2 Å². The molecular weight excluding hydrogens is 352 g/mol. The lowest BCUT2D eigenvalue weighted by Gasteiger charge is -2.45. The van der Waals surface area contributed by atoms with Gasteiger partial charge in [0.05, 0.1) is 6.54 Å². The molecule has 0 spiro atoms. The van der Waals surface area contributed by atoms with E-state index in [0.29, 0.717) is 19.7 Å². The molecule has 2 fully saturated rings. The average Bonchev–Trinajstić information content (AvgIpc) is 2.71. The molecule has 26 heavy (non-hydrogen) atoms. The summed E-state index contributed by atoms with van der Waals surface area (Å²) in [7, 11) is 6.71. The van der Waals surface area contributed by atoms with Gasteiger partial charge in [-0.25, -0.2) is 11.2 Å². The highest BCUT2D eigenvalue weighted by molar-refractivity contribution is 7.44. The van der Waals surface area contributed by atoms with Crippen molar-refractivity contribution in [1.29, 1.82) is 0 Å². The molecule has 2 saturated heterocycles. The van der Waals surface area contributed by atoms with Gasteiger partial charge in [0.1, 0.15) is 32.3 Å². The number of hydrogen-bond donors (Lipinski definition) is 0. The third-order valence-corrected chi connectivity index (χ3v) is 6.87. The lowest BCUT2D eigenvalue weighted by molar-refractivity contribution is -0.246. The van der Waals surface area contributed by atoms with Crippen molar-refractivity contribution in [1.82, 2.24) is 9.73 Å². The zero-order valence-corrected chi connectivity index (χ0v) is 17.6. The van der Waals surface area contributed by atoms with E-state index in [1.165, 1.54) is 0 Å². The number of fused-ring (bicyclic) bond motifs is 2. The van der Waals surface area contributed by atoms with Crippen molar-refractivity contribution >= 4 is 16.4 Å². The molecule has 2 radical (unpaired) electrons. The van der Waals surface area contributed by atoms with Crippen LogP contribution in [0.15, 0.2) is 0 Å². The molecule has 0 saturated carbocycles. The van der Waals surface area contributed by atoms with Crippen molar-refractivity contribution < 1.29 is 18.6 Å². The van der Waals surface area contributed by atoms with Crippen LogP contribution >= 0.6 is 8.53 Å². The van der Waals surface area contributed by atoms with Crippen LogP contribution in [0, 0.1) is 6.57 Å². The summed E-state index contributed by atoms with van der Waals surface area (Å²) in [4.78, 5) is 9.29. The van der Waals surface area contributed by atoms with E-state index in [-0.39, 0.29) is 24.3 Å². The maximum absolute atomic E-state index is 7.00. The van der Waals surface area contributed by atoms with Crippen molar-refractivity contribution in [2.75, 3.05) is 26.7 Å². The molecule has 0 aromatic carbocycles. The van der Waals surface area contributed by atoms with Gasteiger partial charge < -0.3 is 18.6 Å². The van der Waals surface area contributed by atoms with Gasteiger partial charge in [-0.1, -0.05) is 6.92 Å². The molecule has 0 amide bonds. The zero-order chi connectivity index (χ0) is 19.5. The first-order valence-electron chi connectivity index (χ1n) is 9.28. The minimum atomic E-state index is -1.37. The van der Waals surface area contributed by atoms with Crippen LogP contribution in [-0.2, 0) is 18.6 Å². The summed E-state index contributed by atoms with van der Waals surface area (Å²) >= 11 is 0. The summed E-state index contributed by atoms with van der Waals surface area (Å²) in [6.45, 7) is 18.8. The van der Waals surface area contributed by atoms with Gasteiger partial charge in [0.25, 0.3) is 8.53 Å². The highest BCUT2D eigenvalue weighted by Crippen LogP contribution is 2.52. The molecule has 5 atom stereocenters. The lowest BCUT2D eigenvalue weighted by atomic mass is 9.87. The first-order valence-corrected chi connectivity index (χ1v) is 10.4. The van der Waals surface area contributed by atoms with E-state index in [4.69, 9.17) is 33.0 Å². The summed E-state index contributed by atoms with van der Waals surface area (Å²) in [5.41, 5.74) is -0.513. The Morgan fingerprint density at radius 1 is 1.38 bits per heavy atom. The van der Waals surface area contributed by atoms with Crippen LogP contribution in [0.25, 0.3) is 4.85 Å². The summed E-state index contributed by atoms with van der Waals surface area (Å²) in [5, 5.41) is 1.78. The molecule has 2 aliphatic rings. The molecule has 0 aliphatic carbocycles. The fourth-order valence-electron chi connectivity index (χ4n) is 3.68. The van der Waals surface area contributed by atoms with Crippen LogP contribution in [0.2, 0.25) is 0 Å². The van der Waals surface area contributed by atoms with Gasteiger partial charge in [-0.2, -0.15) is 5.06 Å². The molecule has 2 rings (SSSR count). The van der Waals surface area contributed by atoms with Crippen LogP contribution in [0.1, 0.15) is 41.0 Å². The third kappa shape index (κ3) is 4.59. The van der Waals surface area contributed by atoms with Gasteiger partial charge in [0, 0.05) is 25.1 Å². The van der Waals surface area contributed by atoms with Crippen molar-refractivity contribution in [3.63, 3.8) is 0 Å². The van der Waals surface area contributed by atoms with E-state index >= 15 is 0 Å². The van der Waals surface area contributed by atoms with Crippen molar-refractivity contribution in [3.8, 4) is 0 Å². The molecule has 2 heterocycles. The Morgan fingerprint density at radius 3 is 2.58 bits per heavy atom. The molecule has 0 N–H and O–H groups in total. The highest BCUT2D eigenvalue weighted by Gasteiger charge is 2.59. The number of nitrogens with zero attached hydrogens (tertiary/aromatic N) is 3. The summed E-state index contributed by atoms with van der Waals surface area (Å²) < 4.78 is 20.9. The van der Waals surface area contributed by atoms with Crippen LogP contribution < -0.4 is 0 Å². The quantitative estimate of drug-likeness (QED) is 0.264. The summed E-state index contributed by atoms with van der Waals surface area (Å²) in [5.74, 6) is 0. The minimum Gasteiger partial charge on any atom is -0.374 e. The van der Waals surface area contributed by atoms with Gasteiger partial charge in [0.15, 0.2) is 0 Å². The molecule has 0 aromatic heterocycles. The maximum Gasteiger partial charge on any atom is 0.259 e. The smallest absolute Gasteiger partial charge is 0.259 e. The van der Waals surface area contributed by atoms with Gasteiger partial charge in [-0.3, -0.25) is 4.84 Å². The third-order valence-electron chi connectivity index (χ3n) is 4.76. The average molecular weight is 383 g/mol. The highest BCUT2D eigenvalue weighted by atomic mass is 31.2. The molecule has 2 aliphatic heterocycles. The van der Waals surface area contributed by atoms with E-state index in [1.807, 2.05) is 7.05 Å². The summed E-state index contributed by atoms with van der Waals surface area (Å²) in [6, 6.07) is -0.0475. The van der Waals surface area contributed by atoms with Crippen LogP contribution in [0.4, 0.5) is 0 Å². The second-order valence-corrected chi connectivity index (χ2v) is 8.81. The first kappa shape index (κ1) is 22.0. The van der Waals surface area contributed by atoms with Gasteiger partial charge in [-0.15, -0.1) is 0 Å². The Labute approximate surface area is 160 Å². The van der Waals surface area contributed by atoms with Crippen LogP contribution in [0.5, 0.6) is 0 Å². The lowest BCUT2D eigenvalue weighted by Crippen LogP contribution is -2.57. The fourth-order valence-corrected chi connectivity index (χ4v) is 5.48.